The Morgan fingerprint density at radius 2 is 1.82 bits per heavy atom. The summed E-state index contributed by atoms with van der Waals surface area (Å²) < 4.78 is 20.4. The van der Waals surface area contributed by atoms with E-state index < -0.39 is 0 Å². The lowest BCUT2D eigenvalue weighted by Crippen LogP contribution is -2.17. The van der Waals surface area contributed by atoms with E-state index in [1.165, 1.54) is 5.56 Å². The number of aromatic amines is 1. The maximum absolute atomic E-state index is 6.26. The Bertz CT molecular complexity index is 1350. The van der Waals surface area contributed by atoms with Crippen molar-refractivity contribution in [1.82, 2.24) is 14.9 Å². The molecule has 0 aliphatic heterocycles. The molecule has 0 aliphatic carbocycles. The molecule has 9 heteroatoms. The molecule has 0 saturated carbocycles. The largest absolute Gasteiger partial charge is 0.496 e. The van der Waals surface area contributed by atoms with Crippen molar-refractivity contribution in [3.8, 4) is 28.6 Å². The quantitative estimate of drug-likeness (QED) is 0.253. The van der Waals surface area contributed by atoms with E-state index in [4.69, 9.17) is 26.4 Å². The average molecular weight is 541 g/mol. The summed E-state index contributed by atoms with van der Waals surface area (Å²) >= 11 is 9.15. The van der Waals surface area contributed by atoms with Gasteiger partial charge in [-0.3, -0.25) is 0 Å². The third kappa shape index (κ3) is 5.10. The van der Waals surface area contributed by atoms with Crippen molar-refractivity contribution < 1.29 is 14.2 Å². The summed E-state index contributed by atoms with van der Waals surface area (Å²) in [5, 5.41) is 7.26. The second-order valence-corrected chi connectivity index (χ2v) is 8.80. The number of aryl methyl sites for hydroxylation is 1. The molecule has 0 aliphatic rings. The summed E-state index contributed by atoms with van der Waals surface area (Å²) in [6.07, 6.45) is 0. The molecule has 0 spiro atoms. The smallest absolute Gasteiger partial charge is 0.214 e. The van der Waals surface area contributed by atoms with Gasteiger partial charge in [0.2, 0.25) is 4.77 Å². The van der Waals surface area contributed by atoms with Gasteiger partial charge in [0.15, 0.2) is 17.3 Å². The van der Waals surface area contributed by atoms with Crippen LogP contribution in [0, 0.1) is 11.7 Å². The first-order valence-corrected chi connectivity index (χ1v) is 11.8. The van der Waals surface area contributed by atoms with Gasteiger partial charge in [-0.05, 0) is 49.0 Å². The first-order chi connectivity index (χ1) is 16.5. The molecule has 4 aromatic rings. The van der Waals surface area contributed by atoms with Gasteiger partial charge >= 0.3 is 0 Å². The van der Waals surface area contributed by atoms with E-state index in [0.29, 0.717) is 41.0 Å². The van der Waals surface area contributed by atoms with Gasteiger partial charge in [-0.2, -0.15) is 5.10 Å². The molecular formula is C25H25BrN4O3S. The number of halogens is 1. The van der Waals surface area contributed by atoms with Gasteiger partial charge < -0.3 is 19.6 Å². The Hall–Kier alpha value is -3.30. The summed E-state index contributed by atoms with van der Waals surface area (Å²) in [4.78, 5) is 0. The summed E-state index contributed by atoms with van der Waals surface area (Å²) in [5.74, 6) is 2.61. The van der Waals surface area contributed by atoms with Crippen molar-refractivity contribution in [3.63, 3.8) is 0 Å². The number of methoxy groups -OCH3 is 2. The van der Waals surface area contributed by atoms with Crippen LogP contribution in [0.5, 0.6) is 17.2 Å². The molecule has 3 aromatic carbocycles. The van der Waals surface area contributed by atoms with E-state index >= 15 is 0 Å². The normalized spacial score (nSPS) is 10.7. The highest BCUT2D eigenvalue weighted by molar-refractivity contribution is 9.10. The number of H-pyrrole nitrogens is 1. The summed E-state index contributed by atoms with van der Waals surface area (Å²) in [7, 11) is 3.26. The van der Waals surface area contributed by atoms with Crippen LogP contribution < -0.4 is 19.6 Å². The lowest BCUT2D eigenvalue weighted by atomic mass is 10.1. The van der Waals surface area contributed by atoms with Crippen LogP contribution in [-0.2, 0) is 13.2 Å². The van der Waals surface area contributed by atoms with Crippen LogP contribution in [0.1, 0.15) is 16.7 Å². The van der Waals surface area contributed by atoms with Gasteiger partial charge in [0.1, 0.15) is 12.4 Å². The monoisotopic (exact) mass is 540 g/mol. The fourth-order valence-corrected chi connectivity index (χ4v) is 4.28. The van der Waals surface area contributed by atoms with Gasteiger partial charge in [0, 0.05) is 10.0 Å². The Morgan fingerprint density at radius 3 is 2.59 bits per heavy atom. The first kappa shape index (κ1) is 23.8. The first-order valence-electron chi connectivity index (χ1n) is 10.6. The van der Waals surface area contributed by atoms with E-state index in [2.05, 4.69) is 50.6 Å². The van der Waals surface area contributed by atoms with Crippen LogP contribution >= 0.6 is 28.1 Å². The lowest BCUT2D eigenvalue weighted by Gasteiger charge is -2.18. The van der Waals surface area contributed by atoms with Crippen molar-refractivity contribution in [2.24, 2.45) is 0 Å². The molecule has 0 fully saturated rings. The highest BCUT2D eigenvalue weighted by atomic mass is 79.9. The van der Waals surface area contributed by atoms with E-state index in [1.54, 1.807) is 18.9 Å². The third-order valence-corrected chi connectivity index (χ3v) is 6.30. The fraction of sp³-hybridized carbons (Fsp3) is 0.200. The second-order valence-electron chi connectivity index (χ2n) is 7.56. The highest BCUT2D eigenvalue weighted by Gasteiger charge is 2.18. The summed E-state index contributed by atoms with van der Waals surface area (Å²) in [6, 6.07) is 19.7. The molecule has 2 N–H and O–H groups in total. The molecule has 0 bridgehead atoms. The van der Waals surface area contributed by atoms with Crippen molar-refractivity contribution in [2.75, 3.05) is 19.6 Å². The fourth-order valence-electron chi connectivity index (χ4n) is 3.64. The van der Waals surface area contributed by atoms with Crippen LogP contribution in [-0.4, -0.2) is 29.1 Å². The average Bonchev–Trinajstić information content (AvgIpc) is 3.22. The lowest BCUT2D eigenvalue weighted by molar-refractivity contribution is 0.281. The molecule has 7 nitrogen and oxygen atoms in total. The van der Waals surface area contributed by atoms with Crippen molar-refractivity contribution >= 4 is 28.1 Å². The zero-order valence-corrected chi connectivity index (χ0v) is 21.5. The third-order valence-electron chi connectivity index (χ3n) is 5.29. The van der Waals surface area contributed by atoms with E-state index in [0.717, 1.165) is 21.2 Å². The van der Waals surface area contributed by atoms with Crippen molar-refractivity contribution in [3.05, 3.63) is 86.6 Å². The molecule has 4 rings (SSSR count). The SMILES string of the molecule is COc1ccccc1-c1n[nH]c(=S)n1NCc1c(Br)ccc(OC)c1OCc1cccc(C)c1. The Kier molecular flexibility index (Phi) is 7.54. The number of rotatable bonds is 9. The van der Waals surface area contributed by atoms with Gasteiger partial charge in [-0.25, -0.2) is 9.77 Å². The zero-order valence-electron chi connectivity index (χ0n) is 19.1. The predicted molar refractivity (Wildman–Crippen MR) is 139 cm³/mol. The topological polar surface area (TPSA) is 73.3 Å². The molecule has 0 unspecified atom stereocenters. The predicted octanol–water partition coefficient (Wildman–Crippen LogP) is 6.02. The summed E-state index contributed by atoms with van der Waals surface area (Å²) in [5.41, 5.74) is 7.33. The number of hydrogen-bond donors (Lipinski definition) is 2. The molecular weight excluding hydrogens is 516 g/mol. The van der Waals surface area contributed by atoms with Gasteiger partial charge in [0.25, 0.3) is 0 Å². The second kappa shape index (κ2) is 10.8. The molecule has 0 radical (unpaired) electrons. The van der Waals surface area contributed by atoms with Crippen LogP contribution in [0.25, 0.3) is 11.4 Å². The van der Waals surface area contributed by atoms with E-state index in [9.17, 15) is 0 Å². The molecule has 34 heavy (non-hydrogen) atoms. The van der Waals surface area contributed by atoms with Crippen molar-refractivity contribution in [1.29, 1.82) is 0 Å². The number of para-hydroxylation sites is 1. The van der Waals surface area contributed by atoms with Gasteiger partial charge in [-0.15, -0.1) is 0 Å². The molecule has 0 atom stereocenters. The molecule has 0 saturated heterocycles. The van der Waals surface area contributed by atoms with Crippen LogP contribution in [0.15, 0.2) is 65.1 Å². The maximum atomic E-state index is 6.26. The van der Waals surface area contributed by atoms with Crippen LogP contribution in [0.4, 0.5) is 0 Å². The Labute approximate surface area is 211 Å². The number of benzene rings is 3. The van der Waals surface area contributed by atoms with Crippen LogP contribution in [0.2, 0.25) is 0 Å². The zero-order chi connectivity index (χ0) is 24.1. The van der Waals surface area contributed by atoms with Crippen molar-refractivity contribution in [2.45, 2.75) is 20.1 Å². The molecule has 1 aromatic heterocycles. The standard InChI is InChI=1S/C25H25BrN4O3S/c1-16-7-6-8-17(13-16)15-33-23-19(20(26)11-12-22(23)32-3)14-27-30-24(28-29-25(30)34)18-9-4-5-10-21(18)31-2/h4-13,27H,14-15H2,1-3H3,(H,29,34). The maximum Gasteiger partial charge on any atom is 0.214 e. The number of ether oxygens (including phenoxy) is 3. The number of hydrogen-bond acceptors (Lipinski definition) is 6. The minimum Gasteiger partial charge on any atom is -0.496 e. The highest BCUT2D eigenvalue weighted by Crippen LogP contribution is 2.37. The molecule has 176 valence electrons. The Balaban J connectivity index is 1.64. The Morgan fingerprint density at radius 1 is 1.03 bits per heavy atom. The van der Waals surface area contributed by atoms with E-state index in [-0.39, 0.29) is 0 Å². The van der Waals surface area contributed by atoms with E-state index in [1.807, 2.05) is 48.5 Å². The summed E-state index contributed by atoms with van der Waals surface area (Å²) in [6.45, 7) is 2.88. The number of aromatic nitrogens is 3. The van der Waals surface area contributed by atoms with Gasteiger partial charge in [-0.1, -0.05) is 57.9 Å². The van der Waals surface area contributed by atoms with Gasteiger partial charge in [0.05, 0.1) is 26.3 Å². The number of nitrogens with zero attached hydrogens (tertiary/aromatic N) is 2. The number of nitrogens with one attached hydrogen (secondary N) is 2. The molecule has 0 amide bonds. The minimum absolute atomic E-state index is 0.400. The van der Waals surface area contributed by atoms with Crippen LogP contribution in [0.3, 0.4) is 0 Å². The molecule has 1 heterocycles. The minimum atomic E-state index is 0.400.